The zero-order chi connectivity index (χ0) is 15.8. The molecule has 2 aliphatic heterocycles. The molecule has 4 rings (SSSR count). The zero-order valence-corrected chi connectivity index (χ0v) is 13.3. The molecular weight excluding hydrogens is 290 g/mol. The minimum Gasteiger partial charge on any atom is -0.493 e. The van der Waals surface area contributed by atoms with Gasteiger partial charge >= 0.3 is 0 Å². The van der Waals surface area contributed by atoms with Crippen molar-refractivity contribution >= 4 is 5.91 Å². The summed E-state index contributed by atoms with van der Waals surface area (Å²) in [5, 5.41) is 3.17. The van der Waals surface area contributed by atoms with E-state index in [9.17, 15) is 4.79 Å². The zero-order valence-electron chi connectivity index (χ0n) is 13.3. The predicted octanol–water partition coefficient (Wildman–Crippen LogP) is 1.80. The second-order valence-electron chi connectivity index (χ2n) is 6.47. The van der Waals surface area contributed by atoms with Gasteiger partial charge in [-0.25, -0.2) is 4.98 Å². The molecule has 0 radical (unpaired) electrons. The molecule has 120 valence electrons. The Bertz CT molecular complexity index is 751. The molecule has 0 saturated carbocycles. The number of hydrogen-bond donors (Lipinski definition) is 1. The summed E-state index contributed by atoms with van der Waals surface area (Å²) >= 11 is 0. The van der Waals surface area contributed by atoms with Crippen LogP contribution in [0.4, 0.5) is 0 Å². The number of fused-ring (bicyclic) bond motifs is 2. The number of nitrogens with one attached hydrogen (secondary N) is 1. The average Bonchev–Trinajstić information content (AvgIpc) is 3.11. The lowest BCUT2D eigenvalue weighted by atomic mass is 10.0. The number of rotatable bonds is 3. The van der Waals surface area contributed by atoms with E-state index in [1.54, 1.807) is 0 Å². The second kappa shape index (κ2) is 5.72. The molecule has 0 spiro atoms. The summed E-state index contributed by atoms with van der Waals surface area (Å²) < 4.78 is 7.67. The van der Waals surface area contributed by atoms with Gasteiger partial charge in [0.05, 0.1) is 18.7 Å². The van der Waals surface area contributed by atoms with Gasteiger partial charge in [0.15, 0.2) is 0 Å². The highest BCUT2D eigenvalue weighted by atomic mass is 16.5. The standard InChI is InChI=1S/C18H21N3O2/c1-12-10-21-11-15(3-5-17(21)19-12)20-18(22)9-13-2-4-16-14(8-13)6-7-23-16/h2,4,8,10,15H,3,5-7,9,11H2,1H3,(H,20,22)/t15-/m1/s1. The molecule has 1 atom stereocenters. The van der Waals surface area contributed by atoms with Gasteiger partial charge in [-0.3, -0.25) is 4.79 Å². The molecule has 5 heteroatoms. The molecule has 1 amide bonds. The minimum atomic E-state index is 0.0918. The van der Waals surface area contributed by atoms with Crippen LogP contribution in [-0.4, -0.2) is 28.1 Å². The number of imidazole rings is 1. The van der Waals surface area contributed by atoms with E-state index in [1.807, 2.05) is 19.1 Å². The van der Waals surface area contributed by atoms with Crippen molar-refractivity contribution in [1.29, 1.82) is 0 Å². The summed E-state index contributed by atoms with van der Waals surface area (Å²) in [6.45, 7) is 3.58. The van der Waals surface area contributed by atoms with Crippen LogP contribution in [0, 0.1) is 6.92 Å². The van der Waals surface area contributed by atoms with E-state index in [2.05, 4.69) is 27.1 Å². The third-order valence-electron chi connectivity index (χ3n) is 4.60. The van der Waals surface area contributed by atoms with Gasteiger partial charge < -0.3 is 14.6 Å². The molecule has 3 heterocycles. The summed E-state index contributed by atoms with van der Waals surface area (Å²) in [6, 6.07) is 6.26. The highest BCUT2D eigenvalue weighted by Crippen LogP contribution is 2.26. The third kappa shape index (κ3) is 2.96. The normalized spacial score (nSPS) is 18.9. The van der Waals surface area contributed by atoms with Gasteiger partial charge in [0.2, 0.25) is 5.91 Å². The van der Waals surface area contributed by atoms with E-state index in [4.69, 9.17) is 4.74 Å². The fourth-order valence-electron chi connectivity index (χ4n) is 3.52. The number of aromatic nitrogens is 2. The predicted molar refractivity (Wildman–Crippen MR) is 86.6 cm³/mol. The Morgan fingerprint density at radius 2 is 2.35 bits per heavy atom. The van der Waals surface area contributed by atoms with E-state index < -0.39 is 0 Å². The number of nitrogens with zero attached hydrogens (tertiary/aromatic N) is 2. The van der Waals surface area contributed by atoms with Crippen molar-refractivity contribution in [3.63, 3.8) is 0 Å². The van der Waals surface area contributed by atoms with E-state index in [0.717, 1.165) is 55.2 Å². The number of hydrogen-bond acceptors (Lipinski definition) is 3. The minimum absolute atomic E-state index is 0.0918. The van der Waals surface area contributed by atoms with Gasteiger partial charge in [-0.05, 0) is 30.5 Å². The lowest BCUT2D eigenvalue weighted by Gasteiger charge is -2.24. The Hall–Kier alpha value is -2.30. The molecule has 0 unspecified atom stereocenters. The molecule has 5 nitrogen and oxygen atoms in total. The highest BCUT2D eigenvalue weighted by Gasteiger charge is 2.21. The quantitative estimate of drug-likeness (QED) is 0.940. The van der Waals surface area contributed by atoms with Gasteiger partial charge in [-0.1, -0.05) is 12.1 Å². The van der Waals surface area contributed by atoms with Crippen LogP contribution in [0.25, 0.3) is 0 Å². The fraction of sp³-hybridized carbons (Fsp3) is 0.444. The summed E-state index contributed by atoms with van der Waals surface area (Å²) in [7, 11) is 0. The van der Waals surface area contributed by atoms with Crippen LogP contribution in [0.5, 0.6) is 5.75 Å². The van der Waals surface area contributed by atoms with Gasteiger partial charge in [0.25, 0.3) is 0 Å². The molecule has 1 N–H and O–H groups in total. The SMILES string of the molecule is Cc1cn2c(n1)CC[C@@H](NC(=O)Cc1ccc3c(c1)CCO3)C2. The number of benzene rings is 1. The Morgan fingerprint density at radius 1 is 1.43 bits per heavy atom. The molecule has 1 aromatic carbocycles. The molecule has 0 saturated heterocycles. The third-order valence-corrected chi connectivity index (χ3v) is 4.60. The van der Waals surface area contributed by atoms with E-state index in [-0.39, 0.29) is 11.9 Å². The Kier molecular flexibility index (Phi) is 3.56. The maximum Gasteiger partial charge on any atom is 0.224 e. The Morgan fingerprint density at radius 3 is 3.26 bits per heavy atom. The van der Waals surface area contributed by atoms with Crippen LogP contribution in [0.1, 0.15) is 29.1 Å². The van der Waals surface area contributed by atoms with Crippen molar-refractivity contribution in [2.75, 3.05) is 6.61 Å². The first kappa shape index (κ1) is 14.3. The summed E-state index contributed by atoms with van der Waals surface area (Å²) in [5.41, 5.74) is 3.32. The molecule has 0 aliphatic carbocycles. The molecule has 2 aromatic rings. The Balaban J connectivity index is 1.37. The van der Waals surface area contributed by atoms with Crippen LogP contribution >= 0.6 is 0 Å². The Labute approximate surface area is 135 Å². The van der Waals surface area contributed by atoms with Gasteiger partial charge in [0, 0.05) is 31.6 Å². The van der Waals surface area contributed by atoms with Gasteiger partial charge in [-0.2, -0.15) is 0 Å². The summed E-state index contributed by atoms with van der Waals surface area (Å²) in [5.74, 6) is 2.19. The number of carbonyl (C=O) groups excluding carboxylic acids is 1. The first-order valence-corrected chi connectivity index (χ1v) is 8.24. The van der Waals surface area contributed by atoms with Crippen molar-refractivity contribution in [1.82, 2.24) is 14.9 Å². The first-order valence-electron chi connectivity index (χ1n) is 8.24. The molecule has 0 fully saturated rings. The fourth-order valence-corrected chi connectivity index (χ4v) is 3.52. The number of carbonyl (C=O) groups is 1. The topological polar surface area (TPSA) is 56.2 Å². The maximum absolute atomic E-state index is 12.3. The summed E-state index contributed by atoms with van der Waals surface area (Å²) in [4.78, 5) is 16.8. The smallest absolute Gasteiger partial charge is 0.224 e. The monoisotopic (exact) mass is 311 g/mol. The van der Waals surface area contributed by atoms with Gasteiger partial charge in [0.1, 0.15) is 11.6 Å². The number of ether oxygens (including phenoxy) is 1. The van der Waals surface area contributed by atoms with Crippen molar-refractivity contribution in [2.24, 2.45) is 0 Å². The molecule has 1 aromatic heterocycles. The van der Waals surface area contributed by atoms with Crippen molar-refractivity contribution < 1.29 is 9.53 Å². The molecule has 0 bridgehead atoms. The van der Waals surface area contributed by atoms with E-state index >= 15 is 0 Å². The molecular formula is C18H21N3O2. The van der Waals surface area contributed by atoms with Crippen LogP contribution < -0.4 is 10.1 Å². The summed E-state index contributed by atoms with van der Waals surface area (Å²) in [6.07, 6.45) is 5.32. The number of aryl methyl sites for hydroxylation is 2. The van der Waals surface area contributed by atoms with E-state index in [0.29, 0.717) is 6.42 Å². The maximum atomic E-state index is 12.3. The first-order chi connectivity index (χ1) is 11.2. The molecule has 2 aliphatic rings. The number of amides is 1. The second-order valence-corrected chi connectivity index (χ2v) is 6.47. The molecule has 23 heavy (non-hydrogen) atoms. The lowest BCUT2D eigenvalue weighted by Crippen LogP contribution is -2.41. The van der Waals surface area contributed by atoms with Crippen molar-refractivity contribution in [2.45, 2.75) is 45.2 Å². The van der Waals surface area contributed by atoms with Crippen molar-refractivity contribution in [3.05, 3.63) is 47.0 Å². The lowest BCUT2D eigenvalue weighted by molar-refractivity contribution is -0.121. The van der Waals surface area contributed by atoms with Crippen LogP contribution in [0.2, 0.25) is 0 Å². The van der Waals surface area contributed by atoms with Gasteiger partial charge in [-0.15, -0.1) is 0 Å². The average molecular weight is 311 g/mol. The van der Waals surface area contributed by atoms with Crippen LogP contribution in [0.15, 0.2) is 24.4 Å². The van der Waals surface area contributed by atoms with Crippen LogP contribution in [-0.2, 0) is 30.6 Å². The largest absolute Gasteiger partial charge is 0.493 e. The van der Waals surface area contributed by atoms with E-state index in [1.165, 1.54) is 5.56 Å². The highest BCUT2D eigenvalue weighted by molar-refractivity contribution is 5.79. The van der Waals surface area contributed by atoms with Crippen LogP contribution in [0.3, 0.4) is 0 Å². The van der Waals surface area contributed by atoms with Crippen molar-refractivity contribution in [3.8, 4) is 5.75 Å².